The van der Waals surface area contributed by atoms with Gasteiger partial charge in [-0.15, -0.1) is 0 Å². The number of hydrogen-bond donors (Lipinski definition) is 1. The molecule has 0 saturated heterocycles. The zero-order valence-corrected chi connectivity index (χ0v) is 15.9. The van der Waals surface area contributed by atoms with Crippen molar-refractivity contribution in [2.24, 2.45) is 17.8 Å². The van der Waals surface area contributed by atoms with E-state index in [-0.39, 0.29) is 24.1 Å². The van der Waals surface area contributed by atoms with Crippen molar-refractivity contribution in [1.82, 2.24) is 5.32 Å². The molecule has 1 aromatic rings. The van der Waals surface area contributed by atoms with Crippen LogP contribution in [0.4, 0.5) is 0 Å². The first-order chi connectivity index (χ1) is 11.4. The molecule has 4 unspecified atom stereocenters. The average Bonchev–Trinajstić information content (AvgIpc) is 3.18. The van der Waals surface area contributed by atoms with Gasteiger partial charge >= 0.3 is 5.97 Å². The third-order valence-corrected chi connectivity index (χ3v) is 6.13. The summed E-state index contributed by atoms with van der Waals surface area (Å²) in [6, 6.07) is 5.06. The number of hydrogen-bond acceptors (Lipinski definition) is 3. The van der Waals surface area contributed by atoms with Crippen molar-refractivity contribution in [3.8, 4) is 0 Å². The third kappa shape index (κ3) is 3.94. The van der Waals surface area contributed by atoms with E-state index >= 15 is 0 Å². The number of esters is 1. The minimum atomic E-state index is -0.593. The number of carbonyl (C=O) groups is 2. The molecule has 1 N–H and O–H groups in total. The molecule has 1 amide bonds. The Kier molecular flexibility index (Phi) is 5.50. The number of carbonyl (C=O) groups excluding carboxylic acids is 2. The molecule has 4 atom stereocenters. The lowest BCUT2D eigenvalue weighted by Crippen LogP contribution is -2.42. The molecule has 24 heavy (non-hydrogen) atoms. The highest BCUT2D eigenvalue weighted by molar-refractivity contribution is 9.10. The first-order valence-corrected chi connectivity index (χ1v) is 9.52. The van der Waals surface area contributed by atoms with Crippen LogP contribution in [0.3, 0.4) is 0 Å². The van der Waals surface area contributed by atoms with Gasteiger partial charge in [-0.2, -0.15) is 0 Å². The summed E-state index contributed by atoms with van der Waals surface area (Å²) in [6.45, 7) is 1.77. The van der Waals surface area contributed by atoms with E-state index < -0.39 is 5.97 Å². The Hall–Kier alpha value is -1.07. The summed E-state index contributed by atoms with van der Waals surface area (Å²) in [5, 5.41) is 3.29. The van der Waals surface area contributed by atoms with Gasteiger partial charge in [0, 0.05) is 10.5 Å². The van der Waals surface area contributed by atoms with Crippen LogP contribution in [0.2, 0.25) is 5.02 Å². The molecule has 4 nitrogen and oxygen atoms in total. The van der Waals surface area contributed by atoms with E-state index in [4.69, 9.17) is 16.3 Å². The maximum Gasteiger partial charge on any atom is 0.340 e. The summed E-state index contributed by atoms with van der Waals surface area (Å²) in [7, 11) is 0. The summed E-state index contributed by atoms with van der Waals surface area (Å²) in [5.41, 5.74) is 0.250. The van der Waals surface area contributed by atoms with E-state index in [1.807, 2.05) is 0 Å². The second kappa shape index (κ2) is 7.44. The van der Waals surface area contributed by atoms with Crippen LogP contribution in [0.25, 0.3) is 0 Å². The van der Waals surface area contributed by atoms with Gasteiger partial charge < -0.3 is 10.1 Å². The van der Waals surface area contributed by atoms with Gasteiger partial charge in [-0.05, 0) is 62.1 Å². The lowest BCUT2D eigenvalue weighted by Gasteiger charge is -2.28. The summed E-state index contributed by atoms with van der Waals surface area (Å²) >= 11 is 9.28. The van der Waals surface area contributed by atoms with Gasteiger partial charge in [0.15, 0.2) is 6.61 Å². The quantitative estimate of drug-likeness (QED) is 0.735. The molecule has 0 aliphatic heterocycles. The van der Waals surface area contributed by atoms with Crippen molar-refractivity contribution in [3.63, 3.8) is 0 Å². The molecule has 2 bridgehead atoms. The van der Waals surface area contributed by atoms with Crippen LogP contribution in [0.1, 0.15) is 43.0 Å². The fourth-order valence-electron chi connectivity index (χ4n) is 4.17. The second-order valence-corrected chi connectivity index (χ2v) is 8.22. The molecule has 0 heterocycles. The summed E-state index contributed by atoms with van der Waals surface area (Å²) in [5.74, 6) is 1.29. The second-order valence-electron chi connectivity index (χ2n) is 6.90. The van der Waals surface area contributed by atoms with Crippen molar-refractivity contribution in [2.45, 2.75) is 38.6 Å². The molecular weight excluding hydrogens is 394 g/mol. The van der Waals surface area contributed by atoms with Crippen LogP contribution in [0.15, 0.2) is 22.7 Å². The highest BCUT2D eigenvalue weighted by atomic mass is 79.9. The van der Waals surface area contributed by atoms with E-state index in [9.17, 15) is 9.59 Å². The number of nitrogens with one attached hydrogen (secondary N) is 1. The molecule has 2 aliphatic rings. The Morgan fingerprint density at radius 1 is 1.38 bits per heavy atom. The molecule has 130 valence electrons. The number of benzene rings is 1. The van der Waals surface area contributed by atoms with Crippen LogP contribution >= 0.6 is 27.5 Å². The Labute approximate surface area is 155 Å². The molecule has 1 aromatic carbocycles. The van der Waals surface area contributed by atoms with Gasteiger partial charge in [-0.25, -0.2) is 4.79 Å². The number of ether oxygens (including phenoxy) is 1. The van der Waals surface area contributed by atoms with Gasteiger partial charge in [0.1, 0.15) is 0 Å². The zero-order chi connectivity index (χ0) is 17.3. The molecule has 0 aromatic heterocycles. The fourth-order valence-corrected chi connectivity index (χ4v) is 4.73. The van der Waals surface area contributed by atoms with Crippen molar-refractivity contribution >= 4 is 39.4 Å². The first-order valence-electron chi connectivity index (χ1n) is 8.35. The summed E-state index contributed by atoms with van der Waals surface area (Å²) in [4.78, 5) is 24.1. The van der Waals surface area contributed by atoms with Gasteiger partial charge in [0.25, 0.3) is 5.91 Å². The van der Waals surface area contributed by atoms with Crippen molar-refractivity contribution in [2.75, 3.05) is 6.61 Å². The molecule has 2 aliphatic carbocycles. The SMILES string of the molecule is CC(NC(=O)COC(=O)c1cc(Br)ccc1Cl)C1CC2CCC1C2. The Morgan fingerprint density at radius 3 is 2.83 bits per heavy atom. The molecule has 0 radical (unpaired) electrons. The molecule has 2 fully saturated rings. The third-order valence-electron chi connectivity index (χ3n) is 5.31. The van der Waals surface area contributed by atoms with E-state index in [1.165, 1.54) is 25.7 Å². The van der Waals surface area contributed by atoms with Crippen LogP contribution in [0.5, 0.6) is 0 Å². The minimum Gasteiger partial charge on any atom is -0.452 e. The summed E-state index contributed by atoms with van der Waals surface area (Å²) in [6.07, 6.45) is 5.14. The van der Waals surface area contributed by atoms with Gasteiger partial charge in [-0.1, -0.05) is 34.0 Å². The maximum absolute atomic E-state index is 12.1. The predicted molar refractivity (Wildman–Crippen MR) is 96.0 cm³/mol. The molecule has 0 spiro atoms. The van der Waals surface area contributed by atoms with Crippen LogP contribution in [-0.2, 0) is 9.53 Å². The van der Waals surface area contributed by atoms with E-state index in [0.717, 1.165) is 16.3 Å². The zero-order valence-electron chi connectivity index (χ0n) is 13.6. The number of rotatable bonds is 5. The van der Waals surface area contributed by atoms with E-state index in [1.54, 1.807) is 18.2 Å². The Morgan fingerprint density at radius 2 is 2.17 bits per heavy atom. The molecular formula is C18H21BrClNO3. The van der Waals surface area contributed by atoms with Crippen LogP contribution in [-0.4, -0.2) is 24.5 Å². The lowest BCUT2D eigenvalue weighted by atomic mass is 9.84. The molecule has 6 heteroatoms. The number of amides is 1. The van der Waals surface area contributed by atoms with Crippen LogP contribution < -0.4 is 5.32 Å². The topological polar surface area (TPSA) is 55.4 Å². The van der Waals surface area contributed by atoms with Crippen LogP contribution in [0, 0.1) is 17.8 Å². The van der Waals surface area contributed by atoms with E-state index in [0.29, 0.717) is 10.9 Å². The Balaban J connectivity index is 1.48. The number of halogens is 2. The van der Waals surface area contributed by atoms with Gasteiger partial charge in [0.05, 0.1) is 10.6 Å². The number of fused-ring (bicyclic) bond motifs is 2. The standard InChI is InChI=1S/C18H21BrClNO3/c1-10(14-7-11-2-3-12(14)6-11)21-17(22)9-24-18(23)15-8-13(19)4-5-16(15)20/h4-5,8,10-12,14H,2-3,6-7,9H2,1H3,(H,21,22). The Bertz CT molecular complexity index is 651. The molecule has 3 rings (SSSR count). The van der Waals surface area contributed by atoms with E-state index in [2.05, 4.69) is 28.2 Å². The maximum atomic E-state index is 12.1. The smallest absolute Gasteiger partial charge is 0.340 e. The van der Waals surface area contributed by atoms with Crippen molar-refractivity contribution < 1.29 is 14.3 Å². The normalized spacial score (nSPS) is 26.2. The average molecular weight is 415 g/mol. The van der Waals surface area contributed by atoms with Crippen molar-refractivity contribution in [3.05, 3.63) is 33.3 Å². The lowest BCUT2D eigenvalue weighted by molar-refractivity contribution is -0.125. The highest BCUT2D eigenvalue weighted by Gasteiger charge is 2.42. The highest BCUT2D eigenvalue weighted by Crippen LogP contribution is 2.49. The van der Waals surface area contributed by atoms with Gasteiger partial charge in [0.2, 0.25) is 0 Å². The van der Waals surface area contributed by atoms with Crippen molar-refractivity contribution in [1.29, 1.82) is 0 Å². The largest absolute Gasteiger partial charge is 0.452 e. The van der Waals surface area contributed by atoms with Gasteiger partial charge in [-0.3, -0.25) is 4.79 Å². The fraction of sp³-hybridized carbons (Fsp3) is 0.556. The molecule has 2 saturated carbocycles. The monoisotopic (exact) mass is 413 g/mol. The minimum absolute atomic E-state index is 0.126. The predicted octanol–water partition coefficient (Wildman–Crippen LogP) is 4.20. The first kappa shape index (κ1) is 17.7. The summed E-state index contributed by atoms with van der Waals surface area (Å²) < 4.78 is 5.82.